The molecule has 1 aromatic heterocycles. The van der Waals surface area contributed by atoms with E-state index in [0.717, 1.165) is 35.1 Å². The molecule has 1 fully saturated rings. The molecule has 0 saturated carbocycles. The number of anilines is 1. The second-order valence-electron chi connectivity index (χ2n) is 7.42. The summed E-state index contributed by atoms with van der Waals surface area (Å²) in [6.07, 6.45) is 2.51. The van der Waals surface area contributed by atoms with Crippen molar-refractivity contribution in [1.29, 1.82) is 0 Å². The van der Waals surface area contributed by atoms with Crippen molar-refractivity contribution in [1.82, 2.24) is 9.88 Å². The van der Waals surface area contributed by atoms with Crippen LogP contribution in [0.5, 0.6) is 0 Å². The number of aryl methyl sites for hydroxylation is 1. The summed E-state index contributed by atoms with van der Waals surface area (Å²) >= 11 is 0. The topological polar surface area (TPSA) is 54.5 Å². The van der Waals surface area contributed by atoms with Crippen LogP contribution in [0.1, 0.15) is 32.8 Å². The normalized spacial score (nSPS) is 18.0. The number of nitrogens with zero attached hydrogens (tertiary/aromatic N) is 2. The van der Waals surface area contributed by atoms with E-state index in [1.807, 2.05) is 33.0 Å². The first-order valence-corrected chi connectivity index (χ1v) is 8.42. The average molecular weight is 327 g/mol. The van der Waals surface area contributed by atoms with Gasteiger partial charge in [0, 0.05) is 36.4 Å². The molecule has 24 heavy (non-hydrogen) atoms. The number of carbonyl (C=O) groups is 1. The number of aromatic nitrogens is 1. The predicted octanol–water partition coefficient (Wildman–Crippen LogP) is 3.96. The van der Waals surface area contributed by atoms with Crippen LogP contribution >= 0.6 is 0 Å². The van der Waals surface area contributed by atoms with Gasteiger partial charge in [0.1, 0.15) is 5.60 Å². The van der Waals surface area contributed by atoms with E-state index in [0.29, 0.717) is 6.54 Å². The van der Waals surface area contributed by atoms with Crippen LogP contribution in [0, 0.1) is 6.92 Å². The minimum Gasteiger partial charge on any atom is -0.444 e. The zero-order valence-corrected chi connectivity index (χ0v) is 14.8. The maximum atomic E-state index is 12.2. The lowest BCUT2D eigenvalue weighted by molar-refractivity contribution is 0.0293. The van der Waals surface area contributed by atoms with Gasteiger partial charge in [0.05, 0.1) is 5.52 Å². The standard InChI is InChI=1S/C19H25N3O2/c1-13-10-16(11-14-6-5-8-20-17(13)14)21-15-7-9-22(12-15)18(23)24-19(2,3)4/h5-6,8,10-11,15,21H,7,9,12H2,1-4H3/t15-/m0/s1. The van der Waals surface area contributed by atoms with Crippen molar-refractivity contribution < 1.29 is 9.53 Å². The van der Waals surface area contributed by atoms with Crippen LogP contribution in [0.2, 0.25) is 0 Å². The summed E-state index contributed by atoms with van der Waals surface area (Å²) in [5.41, 5.74) is 2.80. The molecular weight excluding hydrogens is 302 g/mol. The number of amides is 1. The zero-order chi connectivity index (χ0) is 17.3. The van der Waals surface area contributed by atoms with Gasteiger partial charge in [0.25, 0.3) is 0 Å². The molecule has 0 radical (unpaired) electrons. The summed E-state index contributed by atoms with van der Waals surface area (Å²) in [4.78, 5) is 18.4. The molecule has 2 heterocycles. The van der Waals surface area contributed by atoms with Gasteiger partial charge < -0.3 is 15.0 Å². The molecule has 1 saturated heterocycles. The number of benzene rings is 1. The number of nitrogens with one attached hydrogen (secondary N) is 1. The number of ether oxygens (including phenoxy) is 1. The highest BCUT2D eigenvalue weighted by molar-refractivity contribution is 5.85. The molecule has 0 unspecified atom stereocenters. The Bertz CT molecular complexity index is 752. The fourth-order valence-electron chi connectivity index (χ4n) is 3.06. The van der Waals surface area contributed by atoms with Crippen LogP contribution in [0.3, 0.4) is 0 Å². The smallest absolute Gasteiger partial charge is 0.410 e. The number of pyridine rings is 1. The first-order chi connectivity index (χ1) is 11.3. The second-order valence-corrected chi connectivity index (χ2v) is 7.42. The van der Waals surface area contributed by atoms with Gasteiger partial charge in [-0.05, 0) is 57.9 Å². The molecule has 1 aliphatic rings. The molecular formula is C19H25N3O2. The van der Waals surface area contributed by atoms with Gasteiger partial charge in [-0.15, -0.1) is 0 Å². The van der Waals surface area contributed by atoms with Crippen molar-refractivity contribution in [3.05, 3.63) is 36.0 Å². The third kappa shape index (κ3) is 3.78. The molecule has 1 aromatic carbocycles. The van der Waals surface area contributed by atoms with Gasteiger partial charge in [0.2, 0.25) is 0 Å². The largest absolute Gasteiger partial charge is 0.444 e. The first kappa shape index (κ1) is 16.6. The lowest BCUT2D eigenvalue weighted by atomic mass is 10.1. The van der Waals surface area contributed by atoms with Gasteiger partial charge in [-0.2, -0.15) is 0 Å². The SMILES string of the molecule is Cc1cc(N[C@H]2CCN(C(=O)OC(C)(C)C)C2)cc2cccnc12. The van der Waals surface area contributed by atoms with Crippen LogP contribution in [0.15, 0.2) is 30.5 Å². The summed E-state index contributed by atoms with van der Waals surface area (Å²) in [5, 5.41) is 4.67. The van der Waals surface area contributed by atoms with Gasteiger partial charge in [0.15, 0.2) is 0 Å². The van der Waals surface area contributed by atoms with Crippen molar-refractivity contribution in [3.63, 3.8) is 0 Å². The lowest BCUT2D eigenvalue weighted by Crippen LogP contribution is -2.36. The van der Waals surface area contributed by atoms with Crippen LogP contribution < -0.4 is 5.32 Å². The maximum Gasteiger partial charge on any atom is 0.410 e. The molecule has 1 N–H and O–H groups in total. The summed E-state index contributed by atoms with van der Waals surface area (Å²) < 4.78 is 5.45. The van der Waals surface area contributed by atoms with Crippen LogP contribution in [0.25, 0.3) is 10.9 Å². The van der Waals surface area contributed by atoms with Crippen molar-refractivity contribution >= 4 is 22.7 Å². The van der Waals surface area contributed by atoms with Crippen LogP contribution in [-0.2, 0) is 4.74 Å². The number of hydrogen-bond acceptors (Lipinski definition) is 4. The molecule has 0 aliphatic carbocycles. The van der Waals surface area contributed by atoms with Gasteiger partial charge in [-0.25, -0.2) is 4.79 Å². The summed E-state index contributed by atoms with van der Waals surface area (Å²) in [6.45, 7) is 9.13. The Balaban J connectivity index is 1.66. The van der Waals surface area contributed by atoms with E-state index >= 15 is 0 Å². The molecule has 1 amide bonds. The predicted molar refractivity (Wildman–Crippen MR) is 96.3 cm³/mol. The van der Waals surface area contributed by atoms with Crippen molar-refractivity contribution in [2.45, 2.75) is 45.8 Å². The number of carbonyl (C=O) groups excluding carboxylic acids is 1. The number of hydrogen-bond donors (Lipinski definition) is 1. The molecule has 0 bridgehead atoms. The second kappa shape index (κ2) is 6.30. The fourth-order valence-corrected chi connectivity index (χ4v) is 3.06. The molecule has 1 aliphatic heterocycles. The Kier molecular flexibility index (Phi) is 4.35. The van der Waals surface area contributed by atoms with Crippen LogP contribution in [0.4, 0.5) is 10.5 Å². The van der Waals surface area contributed by atoms with Gasteiger partial charge in [-0.1, -0.05) is 6.07 Å². The molecule has 1 atom stereocenters. The zero-order valence-electron chi connectivity index (χ0n) is 14.8. The quantitative estimate of drug-likeness (QED) is 0.907. The number of rotatable bonds is 2. The van der Waals surface area contributed by atoms with E-state index in [4.69, 9.17) is 4.74 Å². The first-order valence-electron chi connectivity index (χ1n) is 8.42. The summed E-state index contributed by atoms with van der Waals surface area (Å²) in [6, 6.07) is 8.50. The Morgan fingerprint density at radius 2 is 2.17 bits per heavy atom. The minimum absolute atomic E-state index is 0.231. The number of fused-ring (bicyclic) bond motifs is 1. The summed E-state index contributed by atoms with van der Waals surface area (Å²) in [5.74, 6) is 0. The van der Waals surface area contributed by atoms with E-state index < -0.39 is 5.60 Å². The van der Waals surface area contributed by atoms with E-state index in [-0.39, 0.29) is 12.1 Å². The Hall–Kier alpha value is -2.30. The highest BCUT2D eigenvalue weighted by atomic mass is 16.6. The minimum atomic E-state index is -0.453. The van der Waals surface area contributed by atoms with E-state index in [9.17, 15) is 4.79 Å². The van der Waals surface area contributed by atoms with E-state index in [1.165, 1.54) is 0 Å². The summed E-state index contributed by atoms with van der Waals surface area (Å²) in [7, 11) is 0. The molecule has 128 valence electrons. The molecule has 2 aromatic rings. The van der Waals surface area contributed by atoms with Crippen LogP contribution in [-0.4, -0.2) is 40.7 Å². The molecule has 3 rings (SSSR count). The maximum absolute atomic E-state index is 12.2. The van der Waals surface area contributed by atoms with Gasteiger partial charge in [-0.3, -0.25) is 4.98 Å². The highest BCUT2D eigenvalue weighted by Gasteiger charge is 2.29. The monoisotopic (exact) mass is 327 g/mol. The average Bonchev–Trinajstić information content (AvgIpc) is 2.94. The molecule has 5 heteroatoms. The molecule has 5 nitrogen and oxygen atoms in total. The Labute approximate surface area is 143 Å². The Morgan fingerprint density at radius 3 is 2.92 bits per heavy atom. The fraction of sp³-hybridized carbons (Fsp3) is 0.474. The number of likely N-dealkylation sites (tertiary alicyclic amines) is 1. The molecule has 0 spiro atoms. The third-order valence-corrected chi connectivity index (χ3v) is 4.11. The van der Waals surface area contributed by atoms with E-state index in [2.05, 4.69) is 35.4 Å². The van der Waals surface area contributed by atoms with Gasteiger partial charge >= 0.3 is 6.09 Å². The van der Waals surface area contributed by atoms with Crippen molar-refractivity contribution in [2.24, 2.45) is 0 Å². The highest BCUT2D eigenvalue weighted by Crippen LogP contribution is 2.24. The van der Waals surface area contributed by atoms with E-state index in [1.54, 1.807) is 4.90 Å². The third-order valence-electron chi connectivity index (χ3n) is 4.11. The van der Waals surface area contributed by atoms with Crippen molar-refractivity contribution in [2.75, 3.05) is 18.4 Å². The Morgan fingerprint density at radius 1 is 1.38 bits per heavy atom. The lowest BCUT2D eigenvalue weighted by Gasteiger charge is -2.24. The van der Waals surface area contributed by atoms with Crippen molar-refractivity contribution in [3.8, 4) is 0 Å².